The van der Waals surface area contributed by atoms with Crippen LogP contribution in [-0.4, -0.2) is 191 Å². The number of fused-ring (bicyclic) bond motifs is 2. The quantitative estimate of drug-likeness (QED) is 0.0161. The van der Waals surface area contributed by atoms with E-state index in [1.165, 1.54) is 14.7 Å². The molecule has 2 aliphatic heterocycles. The smallest absolute Gasteiger partial charge is 0.457 e. The first-order valence-corrected chi connectivity index (χ1v) is 52.3. The van der Waals surface area contributed by atoms with Crippen molar-refractivity contribution >= 4 is 119 Å². The van der Waals surface area contributed by atoms with Crippen molar-refractivity contribution in [2.24, 2.45) is 0 Å². The number of likely N-dealkylation sites (N-methyl/N-ethyl adjacent to an activating group) is 2. The third kappa shape index (κ3) is 19.1. The molecular formula is C102H126N4O22Si4. The highest BCUT2D eigenvalue weighted by molar-refractivity contribution is 6.62. The number of aliphatic hydroxyl groups excluding tert-OH is 1. The topological polar surface area (TPSA) is 266 Å². The minimum absolute atomic E-state index is 0.00404. The number of carbonyl (C=O) groups excluding carboxylic acids is 5. The molecule has 26 nitrogen and oxygen atoms in total. The maximum Gasteiger partial charge on any atom is 0.500 e. The van der Waals surface area contributed by atoms with E-state index in [1.54, 1.807) is 174 Å². The van der Waals surface area contributed by atoms with Gasteiger partial charge in [-0.2, -0.15) is 0 Å². The van der Waals surface area contributed by atoms with Gasteiger partial charge in [-0.3, -0.25) is 33.8 Å². The van der Waals surface area contributed by atoms with Crippen molar-refractivity contribution in [3.8, 4) is 46.0 Å². The van der Waals surface area contributed by atoms with Crippen molar-refractivity contribution in [2.75, 3.05) is 109 Å². The number of aliphatic hydroxyl groups is 1. The average Bonchev–Trinajstić information content (AvgIpc) is 0.668. The summed E-state index contributed by atoms with van der Waals surface area (Å²) >= 11 is 0. The van der Waals surface area contributed by atoms with Crippen molar-refractivity contribution in [1.29, 1.82) is 0 Å². The molecule has 0 saturated heterocycles. The van der Waals surface area contributed by atoms with E-state index in [0.717, 1.165) is 27.2 Å². The van der Waals surface area contributed by atoms with Gasteiger partial charge in [-0.1, -0.05) is 154 Å². The van der Waals surface area contributed by atoms with Gasteiger partial charge in [0.1, 0.15) is 58.1 Å². The summed E-state index contributed by atoms with van der Waals surface area (Å²) in [5, 5.41) is 16.0. The van der Waals surface area contributed by atoms with E-state index in [9.17, 15) is 5.11 Å². The molecule has 0 aromatic heterocycles. The summed E-state index contributed by atoms with van der Waals surface area (Å²) in [4.78, 5) is 86.9. The van der Waals surface area contributed by atoms with Crippen LogP contribution in [0, 0.1) is 0 Å². The normalized spacial score (nSPS) is 14.7. The van der Waals surface area contributed by atoms with E-state index in [0.29, 0.717) is 89.6 Å². The number of nitrogens with zero attached hydrogens (tertiary/aromatic N) is 4. The minimum Gasteiger partial charge on any atom is -0.457 e. The molecule has 0 fully saturated rings. The minimum atomic E-state index is -3.05. The Kier molecular flexibility index (Phi) is 30.2. The fraction of sp³-hybridized carbons (Fsp3) is 0.402. The van der Waals surface area contributed by atoms with E-state index in [4.69, 9.17) is 72.1 Å². The van der Waals surface area contributed by atoms with E-state index in [2.05, 4.69) is 55.4 Å². The summed E-state index contributed by atoms with van der Waals surface area (Å²) in [6.07, 6.45) is 0.625. The van der Waals surface area contributed by atoms with Crippen LogP contribution in [0.4, 0.5) is 11.4 Å². The average molecular weight is 1870 g/mol. The van der Waals surface area contributed by atoms with Gasteiger partial charge in [-0.25, -0.2) is 0 Å². The van der Waals surface area contributed by atoms with Crippen LogP contribution in [0.25, 0.3) is 43.1 Å². The summed E-state index contributed by atoms with van der Waals surface area (Å²) in [5.41, 5.74) is 3.08. The Morgan fingerprint density at radius 2 is 0.591 bits per heavy atom. The molecule has 5 amide bonds. The van der Waals surface area contributed by atoms with Crippen molar-refractivity contribution in [3.05, 3.63) is 226 Å². The molecule has 132 heavy (non-hydrogen) atoms. The zero-order chi connectivity index (χ0) is 95.5. The van der Waals surface area contributed by atoms with Crippen LogP contribution in [0.15, 0.2) is 182 Å². The Morgan fingerprint density at radius 3 is 0.856 bits per heavy atom. The molecule has 0 spiro atoms. The predicted octanol–water partition coefficient (Wildman–Crippen LogP) is 21.0. The third-order valence-corrected chi connectivity index (χ3v) is 38.4. The summed E-state index contributed by atoms with van der Waals surface area (Å²) in [5.74, 6) is -1.77. The number of benzene rings is 11. The Morgan fingerprint density at radius 1 is 0.341 bits per heavy atom. The van der Waals surface area contributed by atoms with Crippen molar-refractivity contribution in [3.63, 3.8) is 0 Å². The maximum absolute atomic E-state index is 16.9. The van der Waals surface area contributed by atoms with E-state index < -0.39 is 105 Å². The van der Waals surface area contributed by atoms with Crippen LogP contribution in [0.2, 0.25) is 24.2 Å². The van der Waals surface area contributed by atoms with Crippen molar-refractivity contribution in [1.82, 2.24) is 9.80 Å². The number of ether oxygens (including phenoxy) is 4. The van der Waals surface area contributed by atoms with Gasteiger partial charge in [-0.15, -0.1) is 0 Å². The molecule has 0 bridgehead atoms. The monoisotopic (exact) mass is 1870 g/mol. The third-order valence-electron chi connectivity index (χ3n) is 27.5. The van der Waals surface area contributed by atoms with Gasteiger partial charge in [0.2, 0.25) is 11.8 Å². The van der Waals surface area contributed by atoms with Gasteiger partial charge in [-0.05, 0) is 180 Å². The second-order valence-corrected chi connectivity index (χ2v) is 48.7. The van der Waals surface area contributed by atoms with E-state index >= 15 is 24.0 Å². The van der Waals surface area contributed by atoms with Crippen LogP contribution in [0.3, 0.4) is 0 Å². The van der Waals surface area contributed by atoms with Gasteiger partial charge in [0.15, 0.2) is 6.23 Å². The number of imide groups is 1. The Hall–Kier alpha value is -10.2. The lowest BCUT2D eigenvalue weighted by atomic mass is 9.80. The number of hydrogen-bond acceptors (Lipinski definition) is 22. The number of rotatable bonds is 44. The van der Waals surface area contributed by atoms with Gasteiger partial charge < -0.3 is 87.0 Å². The van der Waals surface area contributed by atoms with Crippen LogP contribution < -0.4 is 28.7 Å². The molecular weight excluding hydrogens is 1750 g/mol. The highest BCUT2D eigenvalue weighted by atomic mass is 28.4. The second kappa shape index (κ2) is 40.2. The number of para-hydroxylation sites is 2. The zero-order valence-corrected chi connectivity index (χ0v) is 84.4. The van der Waals surface area contributed by atoms with Crippen molar-refractivity contribution in [2.45, 2.75) is 172 Å². The lowest BCUT2D eigenvalue weighted by molar-refractivity contribution is -0.127. The number of carbonyl (C=O) groups is 5. The number of hydrogen-bond donors (Lipinski definition) is 1. The number of amides is 5. The van der Waals surface area contributed by atoms with Crippen LogP contribution >= 0.6 is 0 Å². The standard InChI is InChI=1S/C102H126N4O22Si4/c1-25-79(97(111)103(11)69-33-29-27-30-34-69)105-93(107)75-61-81(125-71-45-37-65(38-46-71)99(3,4)53-57-129(113-13,114-14)115-15)87-89-83(127-73-49-41-67(42-50-73)101(7,8)55-59-131(119-19,120-20)121-21)63-77-86-78(96(110)106(95(77)109)80(26-2)98(112)104(12)70-35-31-28-32-36-70)64-84(128-74-51-43-68(44-52-74)102(9,10)56-60-132(122-22,123-23)124-24)90(92(86)89)88-82(62-76(94(105)108)85(75)91(87)88)126-72-47-39-66(40-48-72)100(5,6)54-58-130(116-16,117-17)118-18/h27-52,61-64,79-80,93,107H,25-26,53-60H2,1-24H3. The van der Waals surface area contributed by atoms with Crippen LogP contribution in [0.5, 0.6) is 46.0 Å². The predicted molar refractivity (Wildman–Crippen MR) is 520 cm³/mol. The highest BCUT2D eigenvalue weighted by Crippen LogP contribution is 2.60. The van der Waals surface area contributed by atoms with Gasteiger partial charge in [0, 0.05) is 184 Å². The highest BCUT2D eigenvalue weighted by Gasteiger charge is 2.49. The fourth-order valence-corrected chi connectivity index (χ4v) is 26.8. The maximum atomic E-state index is 16.9. The van der Waals surface area contributed by atoms with E-state index in [1.807, 2.05) is 121 Å². The van der Waals surface area contributed by atoms with E-state index in [-0.39, 0.29) is 95.8 Å². The largest absolute Gasteiger partial charge is 0.500 e. The first kappa shape index (κ1) is 99.3. The summed E-state index contributed by atoms with van der Waals surface area (Å²) < 4.78 is 101. The first-order valence-electron chi connectivity index (χ1n) is 44.6. The molecule has 2 heterocycles. The van der Waals surface area contributed by atoms with Crippen molar-refractivity contribution < 1.29 is 101 Å². The molecule has 702 valence electrons. The molecule has 30 heteroatoms. The summed E-state index contributed by atoms with van der Waals surface area (Å²) in [6.45, 7) is 20.6. The molecule has 0 saturated carbocycles. The molecule has 11 aromatic rings. The molecule has 3 atom stereocenters. The molecule has 0 aliphatic carbocycles. The Labute approximate surface area is 779 Å². The number of anilines is 2. The molecule has 1 N–H and O–H groups in total. The SMILES string of the molecule is CCC(C(=O)N(C)c1ccccc1)N1C(=O)c2cc(Oc3ccc(C(C)(C)CC[Si](OC)(OC)OC)cc3)c3c4c(Oc5ccc(C(C)(C)CC[Si](OC)(OC)OC)cc5)cc5c6c(cc(Oc7ccc(C(C)(C)CC[Si](OC)(OC)OC)cc7)c(c7c(Oc8ccc(C(C)(C)CC[Si](OC)(OC)OC)cc8)cc(c2c37)C1=O)c64)C(O)N(C(CC)C(=O)N(C)c1ccccc1)C5=O. The zero-order valence-electron chi connectivity index (χ0n) is 80.4. The second-order valence-electron chi connectivity index (χ2n) is 36.3. The summed E-state index contributed by atoms with van der Waals surface area (Å²) in [6, 6.07) is 54.7. The Bertz CT molecular complexity index is 5780. The van der Waals surface area contributed by atoms with Gasteiger partial charge in [0.25, 0.3) is 17.7 Å². The first-order chi connectivity index (χ1) is 62.9. The fourth-order valence-electron chi connectivity index (χ4n) is 18.6. The molecule has 11 aromatic carbocycles. The summed E-state index contributed by atoms with van der Waals surface area (Å²) in [7, 11) is 10.2. The van der Waals surface area contributed by atoms with Gasteiger partial charge >= 0.3 is 35.2 Å². The lowest BCUT2D eigenvalue weighted by Gasteiger charge is -2.40. The molecule has 0 radical (unpaired) electrons. The van der Waals surface area contributed by atoms with Crippen LogP contribution in [0.1, 0.15) is 173 Å². The molecule has 3 unspecified atom stereocenters. The Balaban J connectivity index is 1.17. The molecule has 2 aliphatic rings. The molecule has 13 rings (SSSR count). The van der Waals surface area contributed by atoms with Gasteiger partial charge in [0.05, 0.1) is 16.7 Å². The lowest BCUT2D eigenvalue weighted by Crippen LogP contribution is -2.54. The van der Waals surface area contributed by atoms with Crippen LogP contribution in [-0.2, 0) is 84.4 Å².